The van der Waals surface area contributed by atoms with Crippen LogP contribution in [0.5, 0.6) is 0 Å². The van der Waals surface area contributed by atoms with Crippen LogP contribution in [0.25, 0.3) is 0 Å². The van der Waals surface area contributed by atoms with Crippen molar-refractivity contribution in [1.82, 2.24) is 0 Å². The number of aliphatic hydroxyl groups is 1. The van der Waals surface area contributed by atoms with Crippen LogP contribution >= 0.6 is 0 Å². The molecule has 0 bridgehead atoms. The highest BCUT2D eigenvalue weighted by Crippen LogP contribution is 1.74. The first-order chi connectivity index (χ1) is 2.64. The molecule has 0 aliphatic heterocycles. The second kappa shape index (κ2) is 1.77. The fraction of sp³-hybridized carbons (Fsp3) is 0.667. The van der Waals surface area contributed by atoms with Gasteiger partial charge in [-0.3, -0.25) is 0 Å². The molecule has 0 spiro atoms. The van der Waals surface area contributed by atoms with E-state index in [1.54, 1.807) is 0 Å². The van der Waals surface area contributed by atoms with Crippen LogP contribution in [0.4, 0.5) is 0 Å². The van der Waals surface area contributed by atoms with E-state index in [1.165, 1.54) is 0 Å². The average molecular weight is 89.1 g/mol. The summed E-state index contributed by atoms with van der Waals surface area (Å²) in [5.74, 6) is -1.44. The molecule has 0 aromatic heterocycles. The van der Waals surface area contributed by atoms with Crippen LogP contribution in [-0.2, 0) is 9.90 Å². The summed E-state index contributed by atoms with van der Waals surface area (Å²) in [5, 5.41) is 17.3. The molecule has 3 heteroatoms. The lowest BCUT2D eigenvalue weighted by Gasteiger charge is -1.85. The first-order valence-corrected chi connectivity index (χ1v) is 1.53. The van der Waals surface area contributed by atoms with Gasteiger partial charge >= 0.3 is 5.97 Å². The van der Waals surface area contributed by atoms with Gasteiger partial charge in [0.2, 0.25) is 0 Å². The van der Waals surface area contributed by atoms with E-state index in [0.29, 0.717) is 0 Å². The van der Waals surface area contributed by atoms with E-state index in [4.69, 9.17) is 5.11 Å². The zero-order chi connectivity index (χ0) is 5.15. The molecule has 0 fully saturated rings. The van der Waals surface area contributed by atoms with Gasteiger partial charge in [-0.15, -0.1) is 0 Å². The summed E-state index contributed by atoms with van der Waals surface area (Å²) >= 11 is 0. The molecule has 0 aromatic carbocycles. The van der Waals surface area contributed by atoms with Crippen molar-refractivity contribution >= 4 is 5.97 Å². The Morgan fingerprint density at radius 1 is 1.83 bits per heavy atom. The second-order valence-electron chi connectivity index (χ2n) is 0.995. The van der Waals surface area contributed by atoms with Crippen molar-refractivity contribution in [2.24, 2.45) is 0 Å². The summed E-state index contributed by atoms with van der Waals surface area (Å²) in [6.45, 7) is 1.13. The van der Waals surface area contributed by atoms with Crippen molar-refractivity contribution in [3.63, 3.8) is 0 Å². The Morgan fingerprint density at radius 2 is 2.00 bits per heavy atom. The third-order valence-electron chi connectivity index (χ3n) is 0.341. The number of aliphatic hydroxyl groups excluding tert-OH is 1. The number of carbonyl (C=O) groups is 1. The predicted octanol–water partition coefficient (Wildman–Crippen LogP) is -0.676. The largest absolute Gasteiger partial charge is 0.383 e. The molecule has 1 radical (unpaired) electrons. The molecule has 0 saturated carbocycles. The van der Waals surface area contributed by atoms with Crippen LogP contribution in [0.1, 0.15) is 6.92 Å². The highest BCUT2D eigenvalue weighted by molar-refractivity contribution is 5.70. The van der Waals surface area contributed by atoms with Crippen molar-refractivity contribution in [1.29, 1.82) is 0 Å². The summed E-state index contributed by atoms with van der Waals surface area (Å²) in [5.41, 5.74) is 0. The van der Waals surface area contributed by atoms with Crippen LogP contribution in [0, 0.1) is 0 Å². The van der Waals surface area contributed by atoms with Crippen LogP contribution in [0.15, 0.2) is 0 Å². The average Bonchev–Trinajstić information content (AvgIpc) is 1.36. The normalized spacial score (nSPS) is 13.7. The molecule has 0 rings (SSSR count). The lowest BCUT2D eigenvalue weighted by Crippen LogP contribution is -2.12. The molecular formula is C3H5O3. The van der Waals surface area contributed by atoms with Crippen LogP contribution in [0.2, 0.25) is 0 Å². The number of rotatable bonds is 1. The smallest absolute Gasteiger partial charge is 0.382 e. The topological polar surface area (TPSA) is 57.2 Å². The zero-order valence-electron chi connectivity index (χ0n) is 3.34. The molecule has 0 aromatic rings. The fourth-order valence-electron chi connectivity index (χ4n) is 0. The Kier molecular flexibility index (Phi) is 1.60. The van der Waals surface area contributed by atoms with Crippen LogP contribution < -0.4 is 0 Å². The lowest BCUT2D eigenvalue weighted by molar-refractivity contribution is -0.152. The van der Waals surface area contributed by atoms with Gasteiger partial charge in [0, 0.05) is 0 Å². The van der Waals surface area contributed by atoms with Gasteiger partial charge in [0.25, 0.3) is 0 Å². The summed E-state index contributed by atoms with van der Waals surface area (Å²) < 4.78 is 0. The molecule has 0 heterocycles. The maximum Gasteiger partial charge on any atom is 0.383 e. The van der Waals surface area contributed by atoms with E-state index < -0.39 is 12.1 Å². The molecule has 0 aliphatic rings. The van der Waals surface area contributed by atoms with E-state index in [2.05, 4.69) is 0 Å². The Morgan fingerprint density at radius 3 is 2.00 bits per heavy atom. The predicted molar refractivity (Wildman–Crippen MR) is 17.4 cm³/mol. The van der Waals surface area contributed by atoms with E-state index in [0.717, 1.165) is 6.92 Å². The minimum atomic E-state index is -1.44. The number of carbonyl (C=O) groups excluding carboxylic acids is 1. The zero-order valence-corrected chi connectivity index (χ0v) is 3.34. The van der Waals surface area contributed by atoms with Crippen molar-refractivity contribution in [3.8, 4) is 0 Å². The van der Waals surface area contributed by atoms with Gasteiger partial charge in [0.1, 0.15) is 0 Å². The van der Waals surface area contributed by atoms with E-state index >= 15 is 0 Å². The highest BCUT2D eigenvalue weighted by Gasteiger charge is 2.05. The van der Waals surface area contributed by atoms with Crippen LogP contribution in [0.3, 0.4) is 0 Å². The molecule has 1 N–H and O–H groups in total. The van der Waals surface area contributed by atoms with Gasteiger partial charge < -0.3 is 5.11 Å². The summed E-state index contributed by atoms with van der Waals surface area (Å²) in [4.78, 5) is 9.34. The monoisotopic (exact) mass is 89.0 g/mol. The standard InChI is InChI=1S/C3H5O3/c1-2(4)3(5)6/h2,4H,1H3. The van der Waals surface area contributed by atoms with Crippen LogP contribution in [-0.4, -0.2) is 17.2 Å². The SMILES string of the molecule is CC(O)C([O])=O. The van der Waals surface area contributed by atoms with Crippen molar-refractivity contribution < 1.29 is 15.0 Å². The fourth-order valence-corrected chi connectivity index (χ4v) is 0. The van der Waals surface area contributed by atoms with Crippen molar-refractivity contribution in [2.45, 2.75) is 13.0 Å². The molecule has 3 nitrogen and oxygen atoms in total. The second-order valence-corrected chi connectivity index (χ2v) is 0.995. The summed E-state index contributed by atoms with van der Waals surface area (Å²) in [7, 11) is 0. The van der Waals surface area contributed by atoms with Crippen molar-refractivity contribution in [3.05, 3.63) is 0 Å². The lowest BCUT2D eigenvalue weighted by atomic mass is 10.4. The summed E-state index contributed by atoms with van der Waals surface area (Å²) in [6.07, 6.45) is -1.34. The molecule has 0 aliphatic carbocycles. The molecule has 1 atom stereocenters. The van der Waals surface area contributed by atoms with Gasteiger partial charge in [-0.2, -0.15) is 0 Å². The van der Waals surface area contributed by atoms with Gasteiger partial charge in [-0.1, -0.05) is 0 Å². The minimum Gasteiger partial charge on any atom is -0.382 e. The first kappa shape index (κ1) is 5.43. The number of hydrogen-bond donors (Lipinski definition) is 1. The molecule has 0 saturated heterocycles. The van der Waals surface area contributed by atoms with Gasteiger partial charge in [0.05, 0.1) is 0 Å². The van der Waals surface area contributed by atoms with Gasteiger partial charge in [-0.05, 0) is 6.92 Å². The quantitative estimate of drug-likeness (QED) is 0.463. The Hall–Kier alpha value is -0.570. The van der Waals surface area contributed by atoms with E-state index in [-0.39, 0.29) is 0 Å². The van der Waals surface area contributed by atoms with E-state index in [9.17, 15) is 9.90 Å². The molecule has 0 amide bonds. The van der Waals surface area contributed by atoms with E-state index in [1.807, 2.05) is 0 Å². The van der Waals surface area contributed by atoms with Gasteiger partial charge in [0.15, 0.2) is 6.10 Å². The Balaban J connectivity index is 3.26. The van der Waals surface area contributed by atoms with Gasteiger partial charge in [-0.25, -0.2) is 9.90 Å². The maximum atomic E-state index is 9.34. The Bertz CT molecular complexity index is 57.1. The van der Waals surface area contributed by atoms with Crippen molar-refractivity contribution in [2.75, 3.05) is 0 Å². The Labute approximate surface area is 35.2 Å². The number of hydrogen-bond acceptors (Lipinski definition) is 2. The molecular weight excluding hydrogens is 84.0 g/mol. The maximum absolute atomic E-state index is 9.34. The third-order valence-corrected chi connectivity index (χ3v) is 0.341. The minimum absolute atomic E-state index is 1.13. The highest BCUT2D eigenvalue weighted by atomic mass is 16.4. The third kappa shape index (κ3) is 1.72. The summed E-state index contributed by atoms with van der Waals surface area (Å²) in [6, 6.07) is 0. The molecule has 6 heavy (non-hydrogen) atoms. The molecule has 35 valence electrons. The molecule has 1 unspecified atom stereocenters. The first-order valence-electron chi connectivity index (χ1n) is 1.53.